The van der Waals surface area contributed by atoms with Crippen molar-refractivity contribution in [2.24, 2.45) is 5.92 Å². The van der Waals surface area contributed by atoms with Gasteiger partial charge in [-0.3, -0.25) is 0 Å². The first-order valence-corrected chi connectivity index (χ1v) is 9.32. The molecular formula is C20H33N3O2. The lowest BCUT2D eigenvalue weighted by molar-refractivity contribution is 0.132. The van der Waals surface area contributed by atoms with Crippen LogP contribution in [0, 0.1) is 19.8 Å². The summed E-state index contributed by atoms with van der Waals surface area (Å²) in [4.78, 5) is 16.6. The first kappa shape index (κ1) is 19.7. The van der Waals surface area contributed by atoms with E-state index < -0.39 is 0 Å². The van der Waals surface area contributed by atoms with Crippen molar-refractivity contribution in [2.75, 3.05) is 39.8 Å². The average Bonchev–Trinajstić information content (AvgIpc) is 2.59. The highest BCUT2D eigenvalue weighted by Crippen LogP contribution is 2.19. The van der Waals surface area contributed by atoms with Gasteiger partial charge in [0.05, 0.1) is 12.6 Å². The van der Waals surface area contributed by atoms with E-state index in [9.17, 15) is 4.79 Å². The summed E-state index contributed by atoms with van der Waals surface area (Å²) in [5.74, 6) is 0.544. The molecule has 2 amide bonds. The van der Waals surface area contributed by atoms with Crippen LogP contribution in [-0.2, 0) is 0 Å². The maximum Gasteiger partial charge on any atom is 0.317 e. The number of β-amino-alcohol motifs (C(OH)–C–C–N with tert-alkyl or cyclic N) is 1. The number of piperidine rings is 1. The van der Waals surface area contributed by atoms with Gasteiger partial charge in [0.15, 0.2) is 0 Å². The Morgan fingerprint density at radius 3 is 2.60 bits per heavy atom. The lowest BCUT2D eigenvalue weighted by atomic mass is 9.96. The first-order chi connectivity index (χ1) is 11.9. The third-order valence-electron chi connectivity index (χ3n) is 5.37. The number of hydrogen-bond acceptors (Lipinski definition) is 3. The molecule has 5 heteroatoms. The molecule has 0 radical (unpaired) electrons. The van der Waals surface area contributed by atoms with Gasteiger partial charge in [0, 0.05) is 20.1 Å². The number of aryl methyl sites for hydroxylation is 2. The minimum atomic E-state index is -0.0106. The molecule has 0 bridgehead atoms. The van der Waals surface area contributed by atoms with E-state index >= 15 is 0 Å². The third-order valence-corrected chi connectivity index (χ3v) is 5.37. The fourth-order valence-electron chi connectivity index (χ4n) is 3.42. The summed E-state index contributed by atoms with van der Waals surface area (Å²) in [7, 11) is 1.88. The van der Waals surface area contributed by atoms with Crippen LogP contribution in [0.4, 0.5) is 4.79 Å². The number of urea groups is 1. The smallest absolute Gasteiger partial charge is 0.317 e. The van der Waals surface area contributed by atoms with Gasteiger partial charge in [0.2, 0.25) is 0 Å². The summed E-state index contributed by atoms with van der Waals surface area (Å²) >= 11 is 0. The molecule has 1 saturated heterocycles. The molecule has 0 unspecified atom stereocenters. The highest BCUT2D eigenvalue weighted by Gasteiger charge is 2.22. The Balaban J connectivity index is 1.80. The second kappa shape index (κ2) is 9.20. The van der Waals surface area contributed by atoms with Crippen molar-refractivity contribution in [3.8, 4) is 0 Å². The average molecular weight is 348 g/mol. The number of hydrogen-bond donors (Lipinski definition) is 2. The van der Waals surface area contributed by atoms with Crippen LogP contribution < -0.4 is 5.32 Å². The SMILES string of the molecule is Cc1ccc([C@H](C)NC(=O)N(C)CC2CCN(CCO)CC2)cc1C. The lowest BCUT2D eigenvalue weighted by Crippen LogP contribution is -2.44. The summed E-state index contributed by atoms with van der Waals surface area (Å²) in [6.07, 6.45) is 2.18. The van der Waals surface area contributed by atoms with Gasteiger partial charge in [0.25, 0.3) is 0 Å². The van der Waals surface area contributed by atoms with Gasteiger partial charge in [-0.15, -0.1) is 0 Å². The van der Waals surface area contributed by atoms with Crippen molar-refractivity contribution >= 4 is 6.03 Å². The van der Waals surface area contributed by atoms with Crippen molar-refractivity contribution in [3.63, 3.8) is 0 Å². The molecule has 0 aliphatic carbocycles. The Morgan fingerprint density at radius 2 is 2.00 bits per heavy atom. The number of likely N-dealkylation sites (tertiary alicyclic amines) is 1. The van der Waals surface area contributed by atoms with Crippen molar-refractivity contribution in [1.29, 1.82) is 0 Å². The first-order valence-electron chi connectivity index (χ1n) is 9.32. The number of nitrogens with one attached hydrogen (secondary N) is 1. The topological polar surface area (TPSA) is 55.8 Å². The van der Waals surface area contributed by atoms with Gasteiger partial charge in [-0.05, 0) is 69.3 Å². The van der Waals surface area contributed by atoms with Crippen molar-refractivity contribution in [2.45, 2.75) is 39.7 Å². The van der Waals surface area contributed by atoms with Crippen molar-refractivity contribution < 1.29 is 9.90 Å². The molecular weight excluding hydrogens is 314 g/mol. The highest BCUT2D eigenvalue weighted by atomic mass is 16.3. The number of nitrogens with zero attached hydrogens (tertiary/aromatic N) is 2. The summed E-state index contributed by atoms with van der Waals surface area (Å²) < 4.78 is 0. The molecule has 1 aromatic carbocycles. The lowest BCUT2D eigenvalue weighted by Gasteiger charge is -2.33. The van der Waals surface area contributed by atoms with Crippen LogP contribution in [0.25, 0.3) is 0 Å². The summed E-state index contributed by atoms with van der Waals surface area (Å²) in [6.45, 7) is 10.0. The molecule has 1 heterocycles. The zero-order chi connectivity index (χ0) is 18.4. The summed E-state index contributed by atoms with van der Waals surface area (Å²) in [6, 6.07) is 6.34. The maximum absolute atomic E-state index is 12.5. The van der Waals surface area contributed by atoms with E-state index in [1.165, 1.54) is 11.1 Å². The predicted octanol–water partition coefficient (Wildman–Crippen LogP) is 2.71. The second-order valence-electron chi connectivity index (χ2n) is 7.40. The quantitative estimate of drug-likeness (QED) is 0.832. The molecule has 0 saturated carbocycles. The number of carbonyl (C=O) groups excluding carboxylic acids is 1. The van der Waals surface area contributed by atoms with Crippen LogP contribution in [-0.4, -0.2) is 60.8 Å². The Morgan fingerprint density at radius 1 is 1.32 bits per heavy atom. The monoisotopic (exact) mass is 347 g/mol. The molecule has 5 nitrogen and oxygen atoms in total. The molecule has 1 fully saturated rings. The van der Waals surface area contributed by atoms with Gasteiger partial charge in [0.1, 0.15) is 0 Å². The molecule has 1 aromatic rings. The second-order valence-corrected chi connectivity index (χ2v) is 7.40. The molecule has 25 heavy (non-hydrogen) atoms. The number of rotatable bonds is 6. The summed E-state index contributed by atoms with van der Waals surface area (Å²) in [5, 5.41) is 12.1. The summed E-state index contributed by atoms with van der Waals surface area (Å²) in [5.41, 5.74) is 3.66. The van der Waals surface area contributed by atoms with Crippen LogP contribution in [0.3, 0.4) is 0 Å². The largest absolute Gasteiger partial charge is 0.395 e. The maximum atomic E-state index is 12.5. The van der Waals surface area contributed by atoms with E-state index in [2.05, 4.69) is 42.3 Å². The third kappa shape index (κ3) is 5.72. The fourth-order valence-corrected chi connectivity index (χ4v) is 3.42. The van der Waals surface area contributed by atoms with Crippen molar-refractivity contribution in [1.82, 2.24) is 15.1 Å². The van der Waals surface area contributed by atoms with Crippen LogP contribution in [0.1, 0.15) is 42.5 Å². The molecule has 2 rings (SSSR count). The van der Waals surface area contributed by atoms with E-state index in [1.54, 1.807) is 0 Å². The van der Waals surface area contributed by atoms with E-state index in [0.29, 0.717) is 5.92 Å². The molecule has 2 N–H and O–H groups in total. The van der Waals surface area contributed by atoms with Crippen LogP contribution in [0.2, 0.25) is 0 Å². The zero-order valence-corrected chi connectivity index (χ0v) is 16.1. The number of amides is 2. The molecule has 1 aliphatic heterocycles. The fraction of sp³-hybridized carbons (Fsp3) is 0.650. The van der Waals surface area contributed by atoms with E-state index in [-0.39, 0.29) is 18.7 Å². The predicted molar refractivity (Wildman–Crippen MR) is 102 cm³/mol. The normalized spacial score (nSPS) is 17.3. The van der Waals surface area contributed by atoms with Crippen LogP contribution in [0.15, 0.2) is 18.2 Å². The van der Waals surface area contributed by atoms with Crippen LogP contribution >= 0.6 is 0 Å². The minimum Gasteiger partial charge on any atom is -0.395 e. The van der Waals surface area contributed by atoms with Crippen molar-refractivity contribution in [3.05, 3.63) is 34.9 Å². The molecule has 1 aliphatic rings. The van der Waals surface area contributed by atoms with Crippen LogP contribution in [0.5, 0.6) is 0 Å². The van der Waals surface area contributed by atoms with E-state index in [1.807, 2.05) is 18.9 Å². The molecule has 0 aromatic heterocycles. The standard InChI is InChI=1S/C20H33N3O2/c1-15-5-6-19(13-16(15)2)17(3)21-20(25)22(4)14-18-7-9-23(10-8-18)11-12-24/h5-6,13,17-18,24H,7-12,14H2,1-4H3,(H,21,25)/t17-/m0/s1. The van der Waals surface area contributed by atoms with Gasteiger partial charge < -0.3 is 20.2 Å². The van der Waals surface area contributed by atoms with E-state index in [4.69, 9.17) is 5.11 Å². The molecule has 0 spiro atoms. The minimum absolute atomic E-state index is 0.000603. The Hall–Kier alpha value is -1.59. The Kier molecular flexibility index (Phi) is 7.26. The number of benzene rings is 1. The zero-order valence-electron chi connectivity index (χ0n) is 16.1. The molecule has 140 valence electrons. The van der Waals surface area contributed by atoms with Gasteiger partial charge >= 0.3 is 6.03 Å². The molecule has 1 atom stereocenters. The number of aliphatic hydroxyl groups is 1. The van der Waals surface area contributed by atoms with Gasteiger partial charge in [-0.25, -0.2) is 4.79 Å². The van der Waals surface area contributed by atoms with Gasteiger partial charge in [-0.1, -0.05) is 18.2 Å². The Bertz CT molecular complexity index is 568. The Labute approximate surface area is 152 Å². The van der Waals surface area contributed by atoms with E-state index in [0.717, 1.165) is 44.6 Å². The van der Waals surface area contributed by atoms with Gasteiger partial charge in [-0.2, -0.15) is 0 Å². The highest BCUT2D eigenvalue weighted by molar-refractivity contribution is 5.74. The number of carbonyl (C=O) groups is 1. The number of aliphatic hydroxyl groups excluding tert-OH is 1.